The minimum Gasteiger partial charge on any atom is -0.467 e. The quantitative estimate of drug-likeness (QED) is 0.295. The first-order valence-electron chi connectivity index (χ1n) is 9.52. The van der Waals surface area contributed by atoms with Gasteiger partial charge in [-0.25, -0.2) is 4.99 Å². The number of benzene rings is 2. The van der Waals surface area contributed by atoms with Crippen LogP contribution in [-0.4, -0.2) is 55.8 Å². The van der Waals surface area contributed by atoms with Gasteiger partial charge in [0.15, 0.2) is 0 Å². The van der Waals surface area contributed by atoms with Gasteiger partial charge in [-0.3, -0.25) is 9.69 Å². The third kappa shape index (κ3) is 5.42. The maximum absolute atomic E-state index is 13.2. The van der Waals surface area contributed by atoms with E-state index < -0.39 is 6.23 Å². The first-order valence-corrected chi connectivity index (χ1v) is 9.52. The maximum atomic E-state index is 13.2. The summed E-state index contributed by atoms with van der Waals surface area (Å²) in [6, 6.07) is 11.6. The SMILES string of the molecule is CCN(C)/C=N\c1cc(C)c(C(=O)C(Oc2ccc(C)cc2)N(C)C)cc1C. The maximum Gasteiger partial charge on any atom is 0.218 e. The first-order chi connectivity index (χ1) is 13.2. The zero-order chi connectivity index (χ0) is 20.8. The number of hydrogen-bond acceptors (Lipinski definition) is 4. The summed E-state index contributed by atoms with van der Waals surface area (Å²) in [5.41, 5.74) is 4.53. The van der Waals surface area contributed by atoms with Crippen molar-refractivity contribution >= 4 is 17.8 Å². The summed E-state index contributed by atoms with van der Waals surface area (Å²) in [7, 11) is 5.67. The highest BCUT2D eigenvalue weighted by molar-refractivity contribution is 6.01. The van der Waals surface area contributed by atoms with E-state index in [2.05, 4.69) is 11.9 Å². The second kappa shape index (κ2) is 9.51. The molecule has 5 nitrogen and oxygen atoms in total. The van der Waals surface area contributed by atoms with Crippen LogP contribution >= 0.6 is 0 Å². The van der Waals surface area contributed by atoms with Gasteiger partial charge in [-0.1, -0.05) is 17.7 Å². The molecular formula is C23H31N3O2. The summed E-state index contributed by atoms with van der Waals surface area (Å²) < 4.78 is 6.01. The molecule has 0 fully saturated rings. The van der Waals surface area contributed by atoms with Crippen LogP contribution in [0, 0.1) is 20.8 Å². The number of aliphatic imine (C=N–C) groups is 1. The van der Waals surface area contributed by atoms with Crippen molar-refractivity contribution in [3.8, 4) is 5.75 Å². The lowest BCUT2D eigenvalue weighted by molar-refractivity contribution is 0.0446. The molecule has 0 aliphatic carbocycles. The van der Waals surface area contributed by atoms with E-state index in [0.717, 1.165) is 28.9 Å². The van der Waals surface area contributed by atoms with E-state index in [9.17, 15) is 4.79 Å². The first kappa shape index (κ1) is 21.6. The highest BCUT2D eigenvalue weighted by Crippen LogP contribution is 2.25. The molecule has 0 amide bonds. The van der Waals surface area contributed by atoms with E-state index in [1.165, 1.54) is 0 Å². The number of aryl methyl sites for hydroxylation is 3. The summed E-state index contributed by atoms with van der Waals surface area (Å²) in [6.07, 6.45) is 1.12. The monoisotopic (exact) mass is 381 g/mol. The third-order valence-electron chi connectivity index (χ3n) is 4.66. The molecule has 0 N–H and O–H groups in total. The van der Waals surface area contributed by atoms with Gasteiger partial charge in [0, 0.05) is 19.2 Å². The second-order valence-corrected chi connectivity index (χ2v) is 7.38. The Morgan fingerprint density at radius 1 is 1.07 bits per heavy atom. The molecule has 0 spiro atoms. The Hall–Kier alpha value is -2.66. The molecule has 150 valence electrons. The van der Waals surface area contributed by atoms with Crippen molar-refractivity contribution < 1.29 is 9.53 Å². The molecule has 0 saturated heterocycles. The Morgan fingerprint density at radius 2 is 1.71 bits per heavy atom. The normalized spacial score (nSPS) is 12.4. The number of ketones is 1. The Labute approximate surface area is 168 Å². The van der Waals surface area contributed by atoms with Crippen LogP contribution in [-0.2, 0) is 0 Å². The summed E-state index contributed by atoms with van der Waals surface area (Å²) in [4.78, 5) is 21.6. The number of rotatable bonds is 8. The summed E-state index contributed by atoms with van der Waals surface area (Å²) >= 11 is 0. The van der Waals surface area contributed by atoms with Crippen LogP contribution < -0.4 is 4.74 Å². The molecule has 0 aliphatic rings. The lowest BCUT2D eigenvalue weighted by atomic mass is 9.99. The number of hydrogen-bond donors (Lipinski definition) is 0. The van der Waals surface area contributed by atoms with E-state index in [4.69, 9.17) is 4.74 Å². The fourth-order valence-electron chi connectivity index (χ4n) is 2.72. The number of likely N-dealkylation sites (N-methyl/N-ethyl adjacent to an activating group) is 1. The predicted octanol–water partition coefficient (Wildman–Crippen LogP) is 4.37. The molecule has 1 atom stereocenters. The molecule has 0 aliphatic heterocycles. The molecule has 2 aromatic rings. The Morgan fingerprint density at radius 3 is 2.29 bits per heavy atom. The van der Waals surface area contributed by atoms with Crippen molar-refractivity contribution in [2.24, 2.45) is 4.99 Å². The number of Topliss-reactive ketones (excluding diaryl/α,β-unsaturated/α-hetero) is 1. The fourth-order valence-corrected chi connectivity index (χ4v) is 2.72. The van der Waals surface area contributed by atoms with Crippen LogP contribution in [0.2, 0.25) is 0 Å². The molecule has 0 saturated carbocycles. The molecule has 0 bridgehead atoms. The third-order valence-corrected chi connectivity index (χ3v) is 4.66. The van der Waals surface area contributed by atoms with Gasteiger partial charge in [0.2, 0.25) is 12.0 Å². The van der Waals surface area contributed by atoms with Crippen LogP contribution in [0.4, 0.5) is 5.69 Å². The van der Waals surface area contributed by atoms with Gasteiger partial charge >= 0.3 is 0 Å². The Kier molecular flexibility index (Phi) is 7.35. The number of ether oxygens (including phenoxy) is 1. The van der Waals surface area contributed by atoms with Crippen LogP contribution in [0.3, 0.4) is 0 Å². The van der Waals surface area contributed by atoms with E-state index in [-0.39, 0.29) is 5.78 Å². The van der Waals surface area contributed by atoms with Crippen LogP contribution in [0.1, 0.15) is 34.0 Å². The molecule has 2 aromatic carbocycles. The van der Waals surface area contributed by atoms with Gasteiger partial charge in [-0.05, 0) is 77.2 Å². The summed E-state index contributed by atoms with van der Waals surface area (Å²) in [5, 5.41) is 0. The van der Waals surface area contributed by atoms with E-state index >= 15 is 0 Å². The molecule has 2 rings (SSSR count). The highest BCUT2D eigenvalue weighted by Gasteiger charge is 2.26. The number of carbonyl (C=O) groups excluding carboxylic acids is 1. The van der Waals surface area contributed by atoms with Crippen LogP contribution in [0.15, 0.2) is 41.4 Å². The van der Waals surface area contributed by atoms with Gasteiger partial charge < -0.3 is 9.64 Å². The molecule has 0 radical (unpaired) electrons. The average molecular weight is 382 g/mol. The smallest absolute Gasteiger partial charge is 0.218 e. The summed E-state index contributed by atoms with van der Waals surface area (Å²) in [6.45, 7) is 8.89. The predicted molar refractivity (Wildman–Crippen MR) is 116 cm³/mol. The molecule has 5 heteroatoms. The minimum absolute atomic E-state index is 0.0626. The van der Waals surface area contributed by atoms with Crippen LogP contribution in [0.25, 0.3) is 0 Å². The zero-order valence-corrected chi connectivity index (χ0v) is 18.0. The van der Waals surface area contributed by atoms with Crippen molar-refractivity contribution in [3.63, 3.8) is 0 Å². The lowest BCUT2D eigenvalue weighted by Gasteiger charge is -2.25. The topological polar surface area (TPSA) is 45.1 Å². The molecule has 1 unspecified atom stereocenters. The summed E-state index contributed by atoms with van der Waals surface area (Å²) in [5.74, 6) is 0.614. The average Bonchev–Trinajstić information content (AvgIpc) is 2.66. The van der Waals surface area contributed by atoms with Gasteiger partial charge in [-0.15, -0.1) is 0 Å². The fraction of sp³-hybridized carbons (Fsp3) is 0.391. The van der Waals surface area contributed by atoms with Gasteiger partial charge in [0.25, 0.3) is 0 Å². The number of carbonyl (C=O) groups is 1. The van der Waals surface area contributed by atoms with Gasteiger partial charge in [0.1, 0.15) is 5.75 Å². The Balaban J connectivity index is 2.30. The largest absolute Gasteiger partial charge is 0.467 e. The Bertz CT molecular complexity index is 842. The molecule has 28 heavy (non-hydrogen) atoms. The lowest BCUT2D eigenvalue weighted by Crippen LogP contribution is -2.41. The van der Waals surface area contributed by atoms with Gasteiger partial charge in [-0.2, -0.15) is 0 Å². The highest BCUT2D eigenvalue weighted by atomic mass is 16.5. The molecule has 0 aromatic heterocycles. The van der Waals surface area contributed by atoms with Crippen molar-refractivity contribution in [1.29, 1.82) is 0 Å². The van der Waals surface area contributed by atoms with E-state index in [0.29, 0.717) is 11.3 Å². The van der Waals surface area contributed by atoms with Crippen molar-refractivity contribution in [2.45, 2.75) is 33.9 Å². The van der Waals surface area contributed by atoms with E-state index in [1.54, 1.807) is 4.90 Å². The minimum atomic E-state index is -0.693. The standard InChI is InChI=1S/C23H31N3O2/c1-8-26(7)15-24-21-14-17(3)20(13-18(21)4)22(27)23(25(5)6)28-19-11-9-16(2)10-12-19/h9-15,23H,8H2,1-7H3/b24-15-. The molecule has 0 heterocycles. The van der Waals surface area contributed by atoms with Crippen LogP contribution in [0.5, 0.6) is 5.75 Å². The zero-order valence-electron chi connectivity index (χ0n) is 18.0. The molecular weight excluding hydrogens is 350 g/mol. The van der Waals surface area contributed by atoms with Crippen molar-refractivity contribution in [3.05, 3.63) is 58.7 Å². The van der Waals surface area contributed by atoms with Crippen molar-refractivity contribution in [2.75, 3.05) is 27.7 Å². The second-order valence-electron chi connectivity index (χ2n) is 7.38. The van der Waals surface area contributed by atoms with Crippen molar-refractivity contribution in [1.82, 2.24) is 9.80 Å². The number of nitrogens with zero attached hydrogens (tertiary/aromatic N) is 3. The van der Waals surface area contributed by atoms with Gasteiger partial charge in [0.05, 0.1) is 12.0 Å². The van der Waals surface area contributed by atoms with E-state index in [1.807, 2.05) is 89.6 Å².